The van der Waals surface area contributed by atoms with E-state index in [1.54, 1.807) is 12.2 Å². The molecule has 14 heavy (non-hydrogen) atoms. The summed E-state index contributed by atoms with van der Waals surface area (Å²) in [7, 11) is 0. The predicted molar refractivity (Wildman–Crippen MR) is 59.0 cm³/mol. The number of carbonyl (C=O) groups excluding carboxylic acids is 1. The zero-order valence-corrected chi connectivity index (χ0v) is 9.25. The number of allylic oxidation sites excluding steroid dienone is 1. The van der Waals surface area contributed by atoms with E-state index < -0.39 is 0 Å². The highest BCUT2D eigenvalue weighted by atomic mass is 16.1. The van der Waals surface area contributed by atoms with E-state index in [1.807, 2.05) is 6.92 Å². The van der Waals surface area contributed by atoms with Crippen LogP contribution in [0.5, 0.6) is 0 Å². The minimum atomic E-state index is 0.0468. The van der Waals surface area contributed by atoms with Gasteiger partial charge in [-0.2, -0.15) is 0 Å². The molecule has 1 rings (SSSR count). The van der Waals surface area contributed by atoms with Crippen LogP contribution in [0.1, 0.15) is 46.0 Å². The zero-order chi connectivity index (χ0) is 10.4. The van der Waals surface area contributed by atoms with Gasteiger partial charge in [-0.15, -0.1) is 0 Å². The summed E-state index contributed by atoms with van der Waals surface area (Å²) in [5.74, 6) is 0.739. The molecule has 1 unspecified atom stereocenters. The lowest BCUT2D eigenvalue weighted by Crippen LogP contribution is -2.37. The van der Waals surface area contributed by atoms with Crippen LogP contribution in [0.25, 0.3) is 0 Å². The first-order valence-corrected chi connectivity index (χ1v) is 5.67. The van der Waals surface area contributed by atoms with Gasteiger partial charge in [0.2, 0.25) is 5.91 Å². The Labute approximate surface area is 86.8 Å². The van der Waals surface area contributed by atoms with E-state index >= 15 is 0 Å². The summed E-state index contributed by atoms with van der Waals surface area (Å²) in [6.07, 6.45) is 9.95. The van der Waals surface area contributed by atoms with Crippen molar-refractivity contribution in [3.8, 4) is 0 Å². The average Bonchev–Trinajstić information content (AvgIpc) is 2.19. The molecular formula is C12H21NO. The first-order chi connectivity index (χ1) is 6.74. The molecule has 0 bridgehead atoms. The molecule has 0 spiro atoms. The Morgan fingerprint density at radius 3 is 2.57 bits per heavy atom. The van der Waals surface area contributed by atoms with E-state index in [9.17, 15) is 4.79 Å². The second-order valence-electron chi connectivity index (χ2n) is 4.20. The number of hydrogen-bond donors (Lipinski definition) is 1. The summed E-state index contributed by atoms with van der Waals surface area (Å²) < 4.78 is 0. The number of hydrogen-bond acceptors (Lipinski definition) is 1. The fourth-order valence-electron chi connectivity index (χ4n) is 2.18. The van der Waals surface area contributed by atoms with Crippen LogP contribution in [-0.2, 0) is 4.79 Å². The number of amides is 1. The summed E-state index contributed by atoms with van der Waals surface area (Å²) in [5, 5.41) is 3.02. The smallest absolute Gasteiger partial charge is 0.243 e. The maximum absolute atomic E-state index is 11.3. The van der Waals surface area contributed by atoms with Gasteiger partial charge < -0.3 is 5.32 Å². The van der Waals surface area contributed by atoms with Crippen LogP contribution in [0.15, 0.2) is 12.2 Å². The molecule has 0 aromatic carbocycles. The quantitative estimate of drug-likeness (QED) is 0.689. The summed E-state index contributed by atoms with van der Waals surface area (Å²) in [4.78, 5) is 11.3. The third kappa shape index (κ3) is 3.52. The molecule has 2 heteroatoms. The number of carbonyl (C=O) groups is 1. The number of nitrogens with one attached hydrogen (secondary N) is 1. The van der Waals surface area contributed by atoms with Crippen molar-refractivity contribution in [2.24, 2.45) is 5.92 Å². The first kappa shape index (κ1) is 11.3. The zero-order valence-electron chi connectivity index (χ0n) is 9.25. The van der Waals surface area contributed by atoms with Crippen LogP contribution in [0.3, 0.4) is 0 Å². The molecule has 1 atom stereocenters. The minimum Gasteiger partial charge on any atom is -0.350 e. The maximum atomic E-state index is 11.3. The first-order valence-electron chi connectivity index (χ1n) is 5.67. The summed E-state index contributed by atoms with van der Waals surface area (Å²) in [5.41, 5.74) is 0. The van der Waals surface area contributed by atoms with Gasteiger partial charge in [-0.05, 0) is 38.7 Å². The molecule has 0 aliphatic heterocycles. The van der Waals surface area contributed by atoms with Gasteiger partial charge in [0.15, 0.2) is 0 Å². The molecule has 0 aromatic rings. The predicted octanol–water partition coefficient (Wildman–Crippen LogP) is 2.65. The third-order valence-electron chi connectivity index (χ3n) is 3.04. The van der Waals surface area contributed by atoms with Crippen molar-refractivity contribution in [3.05, 3.63) is 12.2 Å². The Morgan fingerprint density at radius 2 is 2.00 bits per heavy atom. The second-order valence-corrected chi connectivity index (χ2v) is 4.20. The van der Waals surface area contributed by atoms with Crippen molar-refractivity contribution < 1.29 is 4.79 Å². The average molecular weight is 195 g/mol. The van der Waals surface area contributed by atoms with Crippen molar-refractivity contribution in [2.45, 2.75) is 52.0 Å². The van der Waals surface area contributed by atoms with Gasteiger partial charge in [-0.1, -0.05) is 25.3 Å². The highest BCUT2D eigenvalue weighted by Crippen LogP contribution is 2.26. The van der Waals surface area contributed by atoms with Crippen molar-refractivity contribution >= 4 is 5.91 Å². The van der Waals surface area contributed by atoms with E-state index in [4.69, 9.17) is 0 Å². The Morgan fingerprint density at radius 1 is 1.36 bits per heavy atom. The topological polar surface area (TPSA) is 29.1 Å². The van der Waals surface area contributed by atoms with Gasteiger partial charge in [-0.25, -0.2) is 0 Å². The maximum Gasteiger partial charge on any atom is 0.243 e. The highest BCUT2D eigenvalue weighted by Gasteiger charge is 2.20. The van der Waals surface area contributed by atoms with Crippen molar-refractivity contribution in [1.82, 2.24) is 5.32 Å². The molecule has 0 saturated heterocycles. The van der Waals surface area contributed by atoms with Crippen LogP contribution in [-0.4, -0.2) is 11.9 Å². The fraction of sp³-hybridized carbons (Fsp3) is 0.750. The van der Waals surface area contributed by atoms with Crippen molar-refractivity contribution in [1.29, 1.82) is 0 Å². The summed E-state index contributed by atoms with van der Waals surface area (Å²) >= 11 is 0. The van der Waals surface area contributed by atoms with E-state index in [-0.39, 0.29) is 5.91 Å². The Bertz CT molecular complexity index is 204. The van der Waals surface area contributed by atoms with E-state index in [0.717, 1.165) is 0 Å². The molecule has 1 saturated carbocycles. The molecule has 80 valence electrons. The highest BCUT2D eigenvalue weighted by molar-refractivity contribution is 5.87. The van der Waals surface area contributed by atoms with Crippen molar-refractivity contribution in [2.75, 3.05) is 0 Å². The summed E-state index contributed by atoms with van der Waals surface area (Å²) in [6.45, 7) is 3.99. The molecular weight excluding hydrogens is 174 g/mol. The Hall–Kier alpha value is -0.790. The van der Waals surface area contributed by atoms with Crippen LogP contribution in [0.4, 0.5) is 0 Å². The van der Waals surface area contributed by atoms with Gasteiger partial charge >= 0.3 is 0 Å². The SMILES string of the molecule is CC=CC(=O)NC(C)C1CCCCC1. The van der Waals surface area contributed by atoms with E-state index in [1.165, 1.54) is 32.1 Å². The second kappa shape index (κ2) is 5.84. The number of rotatable bonds is 3. The molecule has 2 nitrogen and oxygen atoms in total. The molecule has 1 N–H and O–H groups in total. The molecule has 1 aliphatic carbocycles. The molecule has 1 amide bonds. The van der Waals surface area contributed by atoms with Gasteiger partial charge in [0.25, 0.3) is 0 Å². The van der Waals surface area contributed by atoms with Gasteiger partial charge in [0.05, 0.1) is 0 Å². The van der Waals surface area contributed by atoms with Crippen LogP contribution in [0, 0.1) is 5.92 Å². The minimum absolute atomic E-state index is 0.0468. The van der Waals surface area contributed by atoms with Crippen LogP contribution in [0.2, 0.25) is 0 Å². The molecule has 0 aromatic heterocycles. The lowest BCUT2D eigenvalue weighted by atomic mass is 9.84. The van der Waals surface area contributed by atoms with Gasteiger partial charge in [-0.3, -0.25) is 4.79 Å². The lowest BCUT2D eigenvalue weighted by Gasteiger charge is -2.27. The van der Waals surface area contributed by atoms with Gasteiger partial charge in [0, 0.05) is 6.04 Å². The van der Waals surface area contributed by atoms with Crippen molar-refractivity contribution in [3.63, 3.8) is 0 Å². The van der Waals surface area contributed by atoms with Crippen LogP contribution >= 0.6 is 0 Å². The van der Waals surface area contributed by atoms with Crippen LogP contribution < -0.4 is 5.32 Å². The third-order valence-corrected chi connectivity index (χ3v) is 3.04. The molecule has 1 fully saturated rings. The monoisotopic (exact) mass is 195 g/mol. The normalized spacial score (nSPS) is 21.0. The van der Waals surface area contributed by atoms with E-state index in [0.29, 0.717) is 12.0 Å². The summed E-state index contributed by atoms with van der Waals surface area (Å²) in [6, 6.07) is 0.332. The molecule has 0 radical (unpaired) electrons. The van der Waals surface area contributed by atoms with Gasteiger partial charge in [0.1, 0.15) is 0 Å². The molecule has 0 heterocycles. The fourth-order valence-corrected chi connectivity index (χ4v) is 2.18. The Balaban J connectivity index is 2.32. The standard InChI is InChI=1S/C12H21NO/c1-3-7-12(14)13-10(2)11-8-5-4-6-9-11/h3,7,10-11H,4-6,8-9H2,1-2H3,(H,13,14). The lowest BCUT2D eigenvalue weighted by molar-refractivity contribution is -0.117. The molecule has 1 aliphatic rings. The van der Waals surface area contributed by atoms with E-state index in [2.05, 4.69) is 12.2 Å². The Kier molecular flexibility index (Phi) is 4.71. The largest absolute Gasteiger partial charge is 0.350 e.